The first-order chi connectivity index (χ1) is 15.4. The summed E-state index contributed by atoms with van der Waals surface area (Å²) in [4.78, 5) is 16.0. The molecule has 0 radical (unpaired) electrons. The highest BCUT2D eigenvalue weighted by Gasteiger charge is 2.47. The Balaban J connectivity index is 1.34. The molecule has 4 heterocycles. The minimum Gasteiger partial charge on any atom is -0.467 e. The highest BCUT2D eigenvalue weighted by molar-refractivity contribution is 5.99. The third kappa shape index (κ3) is 3.61. The topological polar surface area (TPSA) is 87.9 Å². The summed E-state index contributed by atoms with van der Waals surface area (Å²) in [5.74, 6) is -0.0819. The van der Waals surface area contributed by atoms with Crippen molar-refractivity contribution >= 4 is 22.6 Å². The quantitative estimate of drug-likeness (QED) is 0.421. The number of H-pyrrole nitrogens is 1. The molecule has 0 bridgehead atoms. The number of para-hydroxylation sites is 1. The molecular formula is C22H20F3N5O2. The zero-order valence-electron chi connectivity index (χ0n) is 16.8. The van der Waals surface area contributed by atoms with Gasteiger partial charge >= 0.3 is 6.18 Å². The zero-order chi connectivity index (χ0) is 22.3. The number of rotatable bonds is 5. The van der Waals surface area contributed by atoms with Crippen LogP contribution in [0.4, 0.5) is 19.0 Å². The molecule has 0 spiro atoms. The molecule has 7 nitrogen and oxygen atoms in total. The number of amides is 1. The molecule has 0 aliphatic carbocycles. The van der Waals surface area contributed by atoms with E-state index in [1.165, 1.54) is 12.5 Å². The number of halogens is 3. The van der Waals surface area contributed by atoms with E-state index in [1.807, 2.05) is 30.5 Å². The van der Waals surface area contributed by atoms with Crippen LogP contribution >= 0.6 is 0 Å². The number of carbonyl (C=O) groups is 1. The molecule has 0 fully saturated rings. The molecule has 32 heavy (non-hydrogen) atoms. The van der Waals surface area contributed by atoms with Gasteiger partial charge in [-0.2, -0.15) is 18.3 Å². The number of nitrogens with zero attached hydrogens (tertiary/aromatic N) is 2. The second-order valence-corrected chi connectivity index (χ2v) is 7.72. The van der Waals surface area contributed by atoms with Crippen molar-refractivity contribution in [3.8, 4) is 0 Å². The van der Waals surface area contributed by atoms with Gasteiger partial charge in [0, 0.05) is 30.1 Å². The van der Waals surface area contributed by atoms with E-state index in [9.17, 15) is 18.0 Å². The Hall–Kier alpha value is -3.69. The molecule has 5 rings (SSSR count). The standard InChI is InChI=1S/C22H20F3N5O2/c23-22(24,25)19-10-17(18-6-3-9-32-18)29-20-15(12-28-30(19)20)21(31)26-8-7-13-11-27-16-5-2-1-4-14(13)16/h1-6,9,11-12,17,19,27,29H,7-8,10H2,(H,26,31)/t17-,19-/m1/s1. The maximum absolute atomic E-state index is 13.7. The number of anilines is 1. The number of alkyl halides is 3. The fourth-order valence-corrected chi connectivity index (χ4v) is 4.15. The molecule has 0 saturated heterocycles. The molecule has 1 aliphatic heterocycles. The second-order valence-electron chi connectivity index (χ2n) is 7.72. The fourth-order valence-electron chi connectivity index (χ4n) is 4.15. The summed E-state index contributed by atoms with van der Waals surface area (Å²) in [6.07, 6.45) is 0.246. The Bertz CT molecular complexity index is 1240. The van der Waals surface area contributed by atoms with Crippen LogP contribution < -0.4 is 10.6 Å². The summed E-state index contributed by atoms with van der Waals surface area (Å²) in [5.41, 5.74) is 2.12. The summed E-state index contributed by atoms with van der Waals surface area (Å²) >= 11 is 0. The molecular weight excluding hydrogens is 423 g/mol. The van der Waals surface area contributed by atoms with Gasteiger partial charge < -0.3 is 20.0 Å². The third-order valence-electron chi connectivity index (χ3n) is 5.72. The van der Waals surface area contributed by atoms with Crippen LogP contribution in [0.1, 0.15) is 40.2 Å². The molecule has 0 unspecified atom stereocenters. The number of nitrogens with one attached hydrogen (secondary N) is 3. The van der Waals surface area contributed by atoms with Crippen LogP contribution in [-0.4, -0.2) is 33.4 Å². The van der Waals surface area contributed by atoms with Gasteiger partial charge in [-0.3, -0.25) is 4.79 Å². The van der Waals surface area contributed by atoms with Crippen molar-refractivity contribution in [1.82, 2.24) is 20.1 Å². The normalized spacial score (nSPS) is 18.3. The molecule has 166 valence electrons. The number of hydrogen-bond acceptors (Lipinski definition) is 4. The van der Waals surface area contributed by atoms with Crippen molar-refractivity contribution in [1.29, 1.82) is 0 Å². The van der Waals surface area contributed by atoms with Gasteiger partial charge in [0.05, 0.1) is 18.5 Å². The van der Waals surface area contributed by atoms with Crippen molar-refractivity contribution in [2.75, 3.05) is 11.9 Å². The number of carbonyl (C=O) groups excluding carboxylic acids is 1. The predicted octanol–water partition coefficient (Wildman–Crippen LogP) is 4.59. The van der Waals surface area contributed by atoms with Crippen molar-refractivity contribution in [3.05, 3.63) is 71.9 Å². The number of benzene rings is 1. The van der Waals surface area contributed by atoms with Crippen molar-refractivity contribution in [3.63, 3.8) is 0 Å². The van der Waals surface area contributed by atoms with Gasteiger partial charge in [-0.15, -0.1) is 0 Å². The first-order valence-electron chi connectivity index (χ1n) is 10.2. The second kappa shape index (κ2) is 7.77. The molecule has 4 aromatic rings. The molecule has 2 atom stereocenters. The lowest BCUT2D eigenvalue weighted by molar-refractivity contribution is -0.174. The first kappa shape index (κ1) is 20.2. The molecule has 1 amide bonds. The lowest BCUT2D eigenvalue weighted by Gasteiger charge is -2.32. The highest BCUT2D eigenvalue weighted by Crippen LogP contribution is 2.44. The number of aromatic amines is 1. The SMILES string of the molecule is O=C(NCCc1c[nH]c2ccccc12)c1cnn2c1N[C@@H](c1ccco1)C[C@@H]2C(F)(F)F. The zero-order valence-corrected chi connectivity index (χ0v) is 16.8. The van der Waals surface area contributed by atoms with Crippen LogP contribution in [0.5, 0.6) is 0 Å². The molecule has 3 aromatic heterocycles. The molecule has 1 aromatic carbocycles. The van der Waals surface area contributed by atoms with Gasteiger partial charge in [0.2, 0.25) is 0 Å². The summed E-state index contributed by atoms with van der Waals surface area (Å²) < 4.78 is 47.3. The van der Waals surface area contributed by atoms with Crippen LogP contribution in [0.15, 0.2) is 59.5 Å². The maximum Gasteiger partial charge on any atom is 0.410 e. The monoisotopic (exact) mass is 443 g/mol. The fraction of sp³-hybridized carbons (Fsp3) is 0.273. The smallest absolute Gasteiger partial charge is 0.410 e. The molecule has 10 heteroatoms. The molecule has 3 N–H and O–H groups in total. The van der Waals surface area contributed by atoms with E-state index in [0.717, 1.165) is 21.1 Å². The van der Waals surface area contributed by atoms with E-state index in [2.05, 4.69) is 20.7 Å². The Kier molecular flexibility index (Phi) is 4.91. The lowest BCUT2D eigenvalue weighted by atomic mass is 10.0. The van der Waals surface area contributed by atoms with E-state index in [1.54, 1.807) is 12.1 Å². The van der Waals surface area contributed by atoms with Crippen LogP contribution in [0.3, 0.4) is 0 Å². The van der Waals surface area contributed by atoms with E-state index in [-0.39, 0.29) is 17.8 Å². The Labute approximate surface area is 180 Å². The molecule has 1 aliphatic rings. The lowest BCUT2D eigenvalue weighted by Crippen LogP contribution is -2.36. The minimum absolute atomic E-state index is 0.0320. The first-order valence-corrected chi connectivity index (χ1v) is 10.2. The Morgan fingerprint density at radius 3 is 2.88 bits per heavy atom. The van der Waals surface area contributed by atoms with E-state index in [4.69, 9.17) is 4.42 Å². The van der Waals surface area contributed by atoms with Crippen LogP contribution in [-0.2, 0) is 6.42 Å². The summed E-state index contributed by atoms with van der Waals surface area (Å²) in [5, 5.41) is 10.7. The van der Waals surface area contributed by atoms with Gasteiger partial charge in [0.15, 0.2) is 6.04 Å². The van der Waals surface area contributed by atoms with Gasteiger partial charge in [-0.1, -0.05) is 18.2 Å². The van der Waals surface area contributed by atoms with Crippen LogP contribution in [0.2, 0.25) is 0 Å². The van der Waals surface area contributed by atoms with Gasteiger partial charge in [0.25, 0.3) is 5.91 Å². The van der Waals surface area contributed by atoms with Gasteiger partial charge in [-0.05, 0) is 30.2 Å². The van der Waals surface area contributed by atoms with E-state index < -0.39 is 24.2 Å². The molecule has 0 saturated carbocycles. The van der Waals surface area contributed by atoms with E-state index in [0.29, 0.717) is 18.7 Å². The Morgan fingerprint density at radius 2 is 2.09 bits per heavy atom. The van der Waals surface area contributed by atoms with Gasteiger partial charge in [0.1, 0.15) is 17.1 Å². The van der Waals surface area contributed by atoms with E-state index >= 15 is 0 Å². The number of furan rings is 1. The van der Waals surface area contributed by atoms with Gasteiger partial charge in [-0.25, -0.2) is 4.68 Å². The number of aromatic nitrogens is 3. The Morgan fingerprint density at radius 1 is 1.25 bits per heavy atom. The summed E-state index contributed by atoms with van der Waals surface area (Å²) in [7, 11) is 0. The maximum atomic E-state index is 13.7. The van der Waals surface area contributed by atoms with Crippen LogP contribution in [0.25, 0.3) is 10.9 Å². The average Bonchev–Trinajstić information content (AvgIpc) is 3.52. The largest absolute Gasteiger partial charge is 0.467 e. The number of hydrogen-bond donors (Lipinski definition) is 3. The minimum atomic E-state index is -4.52. The van der Waals surface area contributed by atoms with Crippen molar-refractivity contribution < 1.29 is 22.4 Å². The predicted molar refractivity (Wildman–Crippen MR) is 111 cm³/mol. The number of fused-ring (bicyclic) bond motifs is 2. The van der Waals surface area contributed by atoms with Crippen molar-refractivity contribution in [2.24, 2.45) is 0 Å². The summed E-state index contributed by atoms with van der Waals surface area (Å²) in [6.45, 7) is 0.329. The highest BCUT2D eigenvalue weighted by atomic mass is 19.4. The third-order valence-corrected chi connectivity index (χ3v) is 5.72. The average molecular weight is 443 g/mol. The summed E-state index contributed by atoms with van der Waals surface area (Å²) in [6, 6.07) is 8.48. The van der Waals surface area contributed by atoms with Crippen molar-refractivity contribution in [2.45, 2.75) is 31.1 Å². The van der Waals surface area contributed by atoms with Crippen LogP contribution in [0, 0.1) is 0 Å².